The summed E-state index contributed by atoms with van der Waals surface area (Å²) < 4.78 is 2.68. The number of nitrogens with zero attached hydrogens (tertiary/aromatic N) is 1. The lowest BCUT2D eigenvalue weighted by molar-refractivity contribution is 0.753. The van der Waals surface area contributed by atoms with Gasteiger partial charge < -0.3 is 4.57 Å². The third kappa shape index (κ3) is 2.90. The highest BCUT2D eigenvalue weighted by Gasteiger charge is 2.07. The highest BCUT2D eigenvalue weighted by molar-refractivity contribution is 14.1. The second kappa shape index (κ2) is 5.63. The maximum absolute atomic E-state index is 11.9. The summed E-state index contributed by atoms with van der Waals surface area (Å²) >= 11 is 14.3. The molecule has 0 atom stereocenters. The van der Waals surface area contributed by atoms with Crippen LogP contribution in [0.1, 0.15) is 11.1 Å². The van der Waals surface area contributed by atoms with Crippen LogP contribution in [0.4, 0.5) is 0 Å². The van der Waals surface area contributed by atoms with E-state index in [-0.39, 0.29) is 5.56 Å². The fourth-order valence-corrected chi connectivity index (χ4v) is 2.49. The van der Waals surface area contributed by atoms with Gasteiger partial charge in [-0.2, -0.15) is 0 Å². The summed E-state index contributed by atoms with van der Waals surface area (Å²) in [6.07, 6.45) is 1.83. The van der Waals surface area contributed by atoms with Gasteiger partial charge in [0.2, 0.25) is 0 Å². The minimum Gasteiger partial charge on any atom is -0.310 e. The highest BCUT2D eigenvalue weighted by Crippen LogP contribution is 2.26. The van der Waals surface area contributed by atoms with Crippen LogP contribution in [0.3, 0.4) is 0 Å². The van der Waals surface area contributed by atoms with Gasteiger partial charge in [-0.1, -0.05) is 35.3 Å². The Balaban J connectivity index is 2.43. The van der Waals surface area contributed by atoms with E-state index in [0.717, 1.165) is 14.7 Å². The lowest BCUT2D eigenvalue weighted by atomic mass is 10.2. The first-order valence-electron chi connectivity index (χ1n) is 5.28. The second-order valence-corrected chi connectivity index (χ2v) is 5.93. The number of aromatic nitrogens is 1. The third-order valence-corrected chi connectivity index (χ3v) is 4.63. The Morgan fingerprint density at radius 2 is 2.06 bits per heavy atom. The van der Waals surface area contributed by atoms with Gasteiger partial charge >= 0.3 is 0 Å². The van der Waals surface area contributed by atoms with Gasteiger partial charge in [0.15, 0.2) is 0 Å². The van der Waals surface area contributed by atoms with Gasteiger partial charge in [0.25, 0.3) is 5.56 Å². The number of rotatable bonds is 2. The Morgan fingerprint density at radius 1 is 1.33 bits per heavy atom. The predicted octanol–water partition coefficient (Wildman–Crippen LogP) is 4.12. The van der Waals surface area contributed by atoms with E-state index in [4.69, 9.17) is 23.2 Å². The van der Waals surface area contributed by atoms with E-state index >= 15 is 0 Å². The van der Waals surface area contributed by atoms with Gasteiger partial charge in [0.05, 0.1) is 16.6 Å². The third-order valence-electron chi connectivity index (χ3n) is 2.64. The molecule has 2 aromatic rings. The van der Waals surface area contributed by atoms with E-state index < -0.39 is 0 Å². The molecule has 0 aliphatic carbocycles. The normalized spacial score (nSPS) is 10.7. The van der Waals surface area contributed by atoms with Crippen LogP contribution in [-0.4, -0.2) is 4.57 Å². The largest absolute Gasteiger partial charge is 0.310 e. The molecular formula is C13H10Cl2INO. The van der Waals surface area contributed by atoms with Crippen molar-refractivity contribution in [3.63, 3.8) is 0 Å². The second-order valence-electron chi connectivity index (χ2n) is 3.98. The van der Waals surface area contributed by atoms with E-state index in [1.54, 1.807) is 16.7 Å². The molecule has 0 spiro atoms. The molecule has 0 fully saturated rings. The van der Waals surface area contributed by atoms with E-state index in [1.807, 2.05) is 25.3 Å². The molecule has 0 unspecified atom stereocenters. The summed E-state index contributed by atoms with van der Waals surface area (Å²) in [4.78, 5) is 11.9. The van der Waals surface area contributed by atoms with Crippen molar-refractivity contribution < 1.29 is 0 Å². The molecule has 0 saturated heterocycles. The number of pyridine rings is 1. The molecule has 2 rings (SSSR count). The van der Waals surface area contributed by atoms with Crippen molar-refractivity contribution in [2.45, 2.75) is 13.5 Å². The topological polar surface area (TPSA) is 22.0 Å². The molecule has 0 aliphatic heterocycles. The Labute approximate surface area is 129 Å². The molecule has 2 nitrogen and oxygen atoms in total. The highest BCUT2D eigenvalue weighted by atomic mass is 127. The minimum atomic E-state index is -0.0380. The van der Waals surface area contributed by atoms with Crippen LogP contribution in [0.2, 0.25) is 10.0 Å². The van der Waals surface area contributed by atoms with Crippen LogP contribution in [0.5, 0.6) is 0 Å². The molecule has 0 amide bonds. The van der Waals surface area contributed by atoms with E-state index in [0.29, 0.717) is 16.6 Å². The average molecular weight is 394 g/mol. The Hall–Kier alpha value is -0.520. The van der Waals surface area contributed by atoms with Crippen LogP contribution < -0.4 is 5.56 Å². The van der Waals surface area contributed by atoms with Crippen molar-refractivity contribution >= 4 is 45.8 Å². The maximum atomic E-state index is 11.9. The Bertz CT molecular complexity index is 652. The summed E-state index contributed by atoms with van der Waals surface area (Å²) in [6.45, 7) is 2.34. The van der Waals surface area contributed by atoms with Gasteiger partial charge in [-0.05, 0) is 46.7 Å². The first-order valence-corrected chi connectivity index (χ1v) is 7.12. The van der Waals surface area contributed by atoms with Crippen LogP contribution in [0.15, 0.2) is 35.3 Å². The van der Waals surface area contributed by atoms with Crippen LogP contribution in [0, 0.1) is 10.5 Å². The lowest BCUT2D eigenvalue weighted by Gasteiger charge is -2.10. The van der Waals surface area contributed by atoms with Crippen molar-refractivity contribution in [2.75, 3.05) is 0 Å². The van der Waals surface area contributed by atoms with E-state index in [2.05, 4.69) is 22.6 Å². The molecule has 0 N–H and O–H groups in total. The summed E-state index contributed by atoms with van der Waals surface area (Å²) in [6, 6.07) is 7.05. The number of benzene rings is 1. The lowest BCUT2D eigenvalue weighted by Crippen LogP contribution is -2.20. The molecule has 0 saturated carbocycles. The van der Waals surface area contributed by atoms with Crippen molar-refractivity contribution in [1.29, 1.82) is 0 Å². The van der Waals surface area contributed by atoms with Crippen LogP contribution in [0.25, 0.3) is 0 Å². The fourth-order valence-electron chi connectivity index (χ4n) is 1.62. The Morgan fingerprint density at radius 3 is 2.78 bits per heavy atom. The van der Waals surface area contributed by atoms with E-state index in [1.165, 1.54) is 0 Å². The summed E-state index contributed by atoms with van der Waals surface area (Å²) in [5.41, 5.74) is 1.78. The monoisotopic (exact) mass is 393 g/mol. The molecule has 18 heavy (non-hydrogen) atoms. The first-order chi connectivity index (χ1) is 8.49. The van der Waals surface area contributed by atoms with Crippen molar-refractivity contribution in [3.8, 4) is 0 Å². The molecule has 0 bridgehead atoms. The molecule has 0 radical (unpaired) electrons. The zero-order valence-electron chi connectivity index (χ0n) is 9.58. The molecule has 5 heteroatoms. The van der Waals surface area contributed by atoms with Gasteiger partial charge in [0, 0.05) is 15.8 Å². The van der Waals surface area contributed by atoms with Gasteiger partial charge in [-0.25, -0.2) is 0 Å². The Kier molecular flexibility index (Phi) is 4.35. The standard InChI is InChI=1S/C13H10Cl2INO/c1-8-5-12(18)17(7-11(8)16)6-9-3-2-4-10(14)13(9)15/h2-5,7H,6H2,1H3. The average Bonchev–Trinajstić information content (AvgIpc) is 2.32. The number of aryl methyl sites for hydroxylation is 1. The van der Waals surface area contributed by atoms with Crippen molar-refractivity contribution in [1.82, 2.24) is 4.57 Å². The van der Waals surface area contributed by atoms with Crippen LogP contribution in [-0.2, 0) is 6.54 Å². The summed E-state index contributed by atoms with van der Waals surface area (Å²) in [5.74, 6) is 0. The molecule has 1 heterocycles. The fraction of sp³-hybridized carbons (Fsp3) is 0.154. The zero-order valence-corrected chi connectivity index (χ0v) is 13.3. The summed E-state index contributed by atoms with van der Waals surface area (Å²) in [5, 5.41) is 1.01. The minimum absolute atomic E-state index is 0.0380. The van der Waals surface area contributed by atoms with Gasteiger partial charge in [-0.3, -0.25) is 4.79 Å². The smallest absolute Gasteiger partial charge is 0.251 e. The summed E-state index contributed by atoms with van der Waals surface area (Å²) in [7, 11) is 0. The van der Waals surface area contributed by atoms with Crippen LogP contribution >= 0.6 is 45.8 Å². The molecule has 1 aromatic carbocycles. The molecule has 0 aliphatic rings. The molecule has 94 valence electrons. The quantitative estimate of drug-likeness (QED) is 0.703. The molecular weight excluding hydrogens is 384 g/mol. The van der Waals surface area contributed by atoms with Crippen molar-refractivity contribution in [3.05, 3.63) is 65.6 Å². The maximum Gasteiger partial charge on any atom is 0.251 e. The zero-order chi connectivity index (χ0) is 13.3. The molecule has 1 aromatic heterocycles. The van der Waals surface area contributed by atoms with Crippen molar-refractivity contribution in [2.24, 2.45) is 0 Å². The van der Waals surface area contributed by atoms with E-state index in [9.17, 15) is 4.79 Å². The number of halogens is 3. The van der Waals surface area contributed by atoms with Gasteiger partial charge in [-0.15, -0.1) is 0 Å². The van der Waals surface area contributed by atoms with Gasteiger partial charge in [0.1, 0.15) is 0 Å². The number of hydrogen-bond donors (Lipinski definition) is 0. The number of hydrogen-bond acceptors (Lipinski definition) is 1. The predicted molar refractivity (Wildman–Crippen MR) is 83.7 cm³/mol. The SMILES string of the molecule is Cc1cc(=O)n(Cc2cccc(Cl)c2Cl)cc1I. The first kappa shape index (κ1) is 13.9.